The van der Waals surface area contributed by atoms with Gasteiger partial charge in [-0.3, -0.25) is 9.89 Å². The minimum absolute atomic E-state index is 0.629. The molecule has 0 saturated carbocycles. The smallest absolute Gasteiger partial charge is 0.193 e. The maximum atomic E-state index is 5.75. The Kier molecular flexibility index (Phi) is 7.58. The number of guanidine groups is 1. The quantitative estimate of drug-likeness (QED) is 0.457. The summed E-state index contributed by atoms with van der Waals surface area (Å²) in [6.07, 6.45) is 2.13. The molecule has 2 heterocycles. The Bertz CT molecular complexity index is 546. The van der Waals surface area contributed by atoms with Crippen LogP contribution in [0.15, 0.2) is 35.3 Å². The van der Waals surface area contributed by atoms with E-state index in [1.165, 1.54) is 6.42 Å². The molecule has 2 aliphatic heterocycles. The van der Waals surface area contributed by atoms with Gasteiger partial charge in [0.15, 0.2) is 5.96 Å². The SMILES string of the molecule is CCNC(=NCCCOc1ccccc1)N1CCC(N2CCOCC2)C1. The number of benzene rings is 1. The summed E-state index contributed by atoms with van der Waals surface area (Å²) in [5.74, 6) is 1.97. The molecule has 6 nitrogen and oxygen atoms in total. The zero-order valence-electron chi connectivity index (χ0n) is 15.9. The van der Waals surface area contributed by atoms with E-state index in [2.05, 4.69) is 22.0 Å². The first-order valence-electron chi connectivity index (χ1n) is 9.89. The standard InChI is InChI=1S/C20H32N4O2/c1-2-21-20(22-10-6-14-26-19-7-4-3-5-8-19)24-11-9-18(17-24)23-12-15-25-16-13-23/h3-5,7-8,18H,2,6,9-17H2,1H3,(H,21,22). The van der Waals surface area contributed by atoms with Crippen molar-refractivity contribution in [2.75, 3.05) is 59.1 Å². The molecule has 0 aliphatic carbocycles. The summed E-state index contributed by atoms with van der Waals surface area (Å²) >= 11 is 0. The molecule has 26 heavy (non-hydrogen) atoms. The molecule has 144 valence electrons. The van der Waals surface area contributed by atoms with Crippen LogP contribution >= 0.6 is 0 Å². The lowest BCUT2D eigenvalue weighted by molar-refractivity contribution is 0.0195. The van der Waals surface area contributed by atoms with Crippen molar-refractivity contribution >= 4 is 5.96 Å². The van der Waals surface area contributed by atoms with Crippen molar-refractivity contribution in [1.82, 2.24) is 15.1 Å². The molecular formula is C20H32N4O2. The highest BCUT2D eigenvalue weighted by molar-refractivity contribution is 5.80. The number of nitrogens with zero attached hydrogens (tertiary/aromatic N) is 3. The topological polar surface area (TPSA) is 49.3 Å². The number of aliphatic imine (C=N–C) groups is 1. The minimum Gasteiger partial charge on any atom is -0.494 e. The Morgan fingerprint density at radius 3 is 2.81 bits per heavy atom. The first-order valence-corrected chi connectivity index (χ1v) is 9.89. The fourth-order valence-electron chi connectivity index (χ4n) is 3.56. The lowest BCUT2D eigenvalue weighted by atomic mass is 10.2. The first kappa shape index (κ1) is 19.0. The van der Waals surface area contributed by atoms with Gasteiger partial charge in [-0.1, -0.05) is 18.2 Å². The average Bonchev–Trinajstić information content (AvgIpc) is 3.18. The Morgan fingerprint density at radius 1 is 1.23 bits per heavy atom. The number of hydrogen-bond acceptors (Lipinski definition) is 4. The highest BCUT2D eigenvalue weighted by Crippen LogP contribution is 2.17. The van der Waals surface area contributed by atoms with E-state index < -0.39 is 0 Å². The zero-order valence-corrected chi connectivity index (χ0v) is 15.9. The molecule has 0 radical (unpaired) electrons. The molecule has 1 aromatic carbocycles. The third-order valence-electron chi connectivity index (χ3n) is 4.94. The van der Waals surface area contributed by atoms with Gasteiger partial charge in [0.05, 0.1) is 19.8 Å². The Hall–Kier alpha value is -1.79. The van der Waals surface area contributed by atoms with Crippen LogP contribution < -0.4 is 10.1 Å². The number of rotatable bonds is 7. The third-order valence-corrected chi connectivity index (χ3v) is 4.94. The van der Waals surface area contributed by atoms with Crippen LogP contribution in [0.2, 0.25) is 0 Å². The molecule has 0 bridgehead atoms. The summed E-state index contributed by atoms with van der Waals surface area (Å²) in [5, 5.41) is 3.45. The van der Waals surface area contributed by atoms with Crippen molar-refractivity contribution in [3.63, 3.8) is 0 Å². The monoisotopic (exact) mass is 360 g/mol. The van der Waals surface area contributed by atoms with E-state index in [0.717, 1.165) is 70.6 Å². The van der Waals surface area contributed by atoms with Crippen LogP contribution in [0.5, 0.6) is 5.75 Å². The number of hydrogen-bond donors (Lipinski definition) is 1. The van der Waals surface area contributed by atoms with Gasteiger partial charge in [-0.05, 0) is 25.5 Å². The largest absolute Gasteiger partial charge is 0.494 e. The summed E-state index contributed by atoms with van der Waals surface area (Å²) in [6, 6.07) is 10.6. The molecule has 3 rings (SSSR count). The summed E-state index contributed by atoms with van der Waals surface area (Å²) in [5.41, 5.74) is 0. The molecule has 2 aliphatic rings. The van der Waals surface area contributed by atoms with Gasteiger partial charge in [0.1, 0.15) is 5.75 Å². The van der Waals surface area contributed by atoms with Crippen LogP contribution in [0, 0.1) is 0 Å². The van der Waals surface area contributed by atoms with Crippen molar-refractivity contribution in [3.05, 3.63) is 30.3 Å². The number of morpholine rings is 1. The van der Waals surface area contributed by atoms with Gasteiger partial charge in [-0.2, -0.15) is 0 Å². The third kappa shape index (κ3) is 5.61. The molecule has 1 atom stereocenters. The van der Waals surface area contributed by atoms with Crippen molar-refractivity contribution in [3.8, 4) is 5.75 Å². The first-order chi connectivity index (χ1) is 12.9. The molecule has 1 unspecified atom stereocenters. The number of ether oxygens (including phenoxy) is 2. The Balaban J connectivity index is 1.43. The molecule has 0 amide bonds. The highest BCUT2D eigenvalue weighted by atomic mass is 16.5. The zero-order chi connectivity index (χ0) is 18.0. The molecule has 0 aromatic heterocycles. The second-order valence-corrected chi connectivity index (χ2v) is 6.79. The van der Waals surface area contributed by atoms with Crippen LogP contribution in [0.25, 0.3) is 0 Å². The summed E-state index contributed by atoms with van der Waals surface area (Å²) in [6.45, 7) is 10.5. The number of nitrogens with one attached hydrogen (secondary N) is 1. The van der Waals surface area contributed by atoms with E-state index in [9.17, 15) is 0 Å². The molecule has 1 aromatic rings. The second kappa shape index (κ2) is 10.4. The molecular weight excluding hydrogens is 328 g/mol. The van der Waals surface area contributed by atoms with Crippen molar-refractivity contribution in [2.24, 2.45) is 4.99 Å². The van der Waals surface area contributed by atoms with Crippen molar-refractivity contribution in [1.29, 1.82) is 0 Å². The van der Waals surface area contributed by atoms with Crippen molar-refractivity contribution < 1.29 is 9.47 Å². The van der Waals surface area contributed by atoms with Gasteiger partial charge in [-0.15, -0.1) is 0 Å². The van der Waals surface area contributed by atoms with E-state index >= 15 is 0 Å². The maximum Gasteiger partial charge on any atom is 0.193 e. The normalized spacial score (nSPS) is 21.8. The van der Waals surface area contributed by atoms with E-state index in [4.69, 9.17) is 14.5 Å². The fourth-order valence-corrected chi connectivity index (χ4v) is 3.56. The van der Waals surface area contributed by atoms with Crippen LogP contribution in [-0.4, -0.2) is 80.9 Å². The fraction of sp³-hybridized carbons (Fsp3) is 0.650. The van der Waals surface area contributed by atoms with Crippen molar-refractivity contribution in [2.45, 2.75) is 25.8 Å². The van der Waals surface area contributed by atoms with Crippen LogP contribution in [-0.2, 0) is 4.74 Å². The summed E-state index contributed by atoms with van der Waals surface area (Å²) in [4.78, 5) is 9.79. The van der Waals surface area contributed by atoms with E-state index in [1.54, 1.807) is 0 Å². The Morgan fingerprint density at radius 2 is 2.04 bits per heavy atom. The summed E-state index contributed by atoms with van der Waals surface area (Å²) in [7, 11) is 0. The second-order valence-electron chi connectivity index (χ2n) is 6.79. The maximum absolute atomic E-state index is 5.75. The number of likely N-dealkylation sites (tertiary alicyclic amines) is 1. The highest BCUT2D eigenvalue weighted by Gasteiger charge is 2.30. The lowest BCUT2D eigenvalue weighted by Gasteiger charge is -2.32. The lowest BCUT2D eigenvalue weighted by Crippen LogP contribution is -2.46. The van der Waals surface area contributed by atoms with Crippen LogP contribution in [0.4, 0.5) is 0 Å². The van der Waals surface area contributed by atoms with Gasteiger partial charge < -0.3 is 19.7 Å². The summed E-state index contributed by atoms with van der Waals surface area (Å²) < 4.78 is 11.2. The Labute approximate surface area is 157 Å². The van der Waals surface area contributed by atoms with Crippen LogP contribution in [0.3, 0.4) is 0 Å². The molecule has 1 N–H and O–H groups in total. The predicted molar refractivity (Wildman–Crippen MR) is 105 cm³/mol. The van der Waals surface area contributed by atoms with Gasteiger partial charge in [0.25, 0.3) is 0 Å². The molecule has 2 saturated heterocycles. The van der Waals surface area contributed by atoms with E-state index in [-0.39, 0.29) is 0 Å². The minimum atomic E-state index is 0.629. The predicted octanol–water partition coefficient (Wildman–Crippen LogP) is 1.83. The van der Waals surface area contributed by atoms with Gasteiger partial charge in [-0.25, -0.2) is 0 Å². The van der Waals surface area contributed by atoms with Gasteiger partial charge in [0.2, 0.25) is 0 Å². The van der Waals surface area contributed by atoms with E-state index in [0.29, 0.717) is 12.6 Å². The molecule has 0 spiro atoms. The van der Waals surface area contributed by atoms with Gasteiger partial charge >= 0.3 is 0 Å². The van der Waals surface area contributed by atoms with Crippen LogP contribution in [0.1, 0.15) is 19.8 Å². The number of para-hydroxylation sites is 1. The van der Waals surface area contributed by atoms with Gasteiger partial charge in [0, 0.05) is 51.7 Å². The molecule has 2 fully saturated rings. The average molecular weight is 361 g/mol. The van der Waals surface area contributed by atoms with E-state index in [1.807, 2.05) is 30.3 Å². The molecule has 6 heteroatoms.